The maximum atomic E-state index is 12.6. The average Bonchev–Trinajstić information content (AvgIpc) is 2.96. The number of ketones is 1. The molecule has 7 atom stereocenters. The van der Waals surface area contributed by atoms with Gasteiger partial charge in [-0.05, 0) is 74.0 Å². The van der Waals surface area contributed by atoms with Crippen LogP contribution < -0.4 is 5.73 Å². The zero-order valence-electron chi connectivity index (χ0n) is 17.2. The van der Waals surface area contributed by atoms with Crippen LogP contribution in [0.3, 0.4) is 0 Å². The third-order valence-electron chi connectivity index (χ3n) is 8.98. The number of Topliss-reactive ketones (excluding diaryl/α,β-unsaturated/α-hetero) is 1. The van der Waals surface area contributed by atoms with E-state index in [4.69, 9.17) is 10.6 Å². The Morgan fingerprint density at radius 1 is 1.21 bits per heavy atom. The van der Waals surface area contributed by atoms with Gasteiger partial charge < -0.3 is 15.7 Å². The second kappa shape index (κ2) is 7.12. The largest absolute Gasteiger partial charge is 0.481 e. The van der Waals surface area contributed by atoms with Crippen LogP contribution in [0.25, 0.3) is 0 Å². The molecular weight excluding hydrogens is 356 g/mol. The molecule has 0 saturated heterocycles. The van der Waals surface area contributed by atoms with Crippen molar-refractivity contribution >= 4 is 17.5 Å². The third kappa shape index (κ3) is 2.90. The van der Waals surface area contributed by atoms with Crippen LogP contribution in [0.4, 0.5) is 0 Å². The van der Waals surface area contributed by atoms with Crippen molar-refractivity contribution in [3.8, 4) is 0 Å². The molecule has 0 amide bonds. The Hall–Kier alpha value is -1.43. The number of carboxylic acid groups (broad SMARTS) is 1. The first-order valence-electron chi connectivity index (χ1n) is 10.9. The van der Waals surface area contributed by atoms with Crippen molar-refractivity contribution in [2.24, 2.45) is 51.3 Å². The molecule has 6 heteroatoms. The molecule has 0 aliphatic heterocycles. The first-order valence-corrected chi connectivity index (χ1v) is 10.9. The number of oxime groups is 1. The maximum Gasteiger partial charge on any atom is 0.306 e. The number of rotatable bonds is 4. The fourth-order valence-electron chi connectivity index (χ4n) is 7.46. The lowest BCUT2D eigenvalue weighted by molar-refractivity contribution is -0.164. The molecule has 4 rings (SSSR count). The van der Waals surface area contributed by atoms with Gasteiger partial charge in [-0.3, -0.25) is 9.59 Å². The molecule has 3 N–H and O–H groups in total. The first-order chi connectivity index (χ1) is 13.3. The van der Waals surface area contributed by atoms with E-state index in [-0.39, 0.29) is 22.7 Å². The molecule has 0 heterocycles. The first kappa shape index (κ1) is 19.9. The molecule has 4 aliphatic rings. The lowest BCUT2D eigenvalue weighted by Gasteiger charge is -2.61. The summed E-state index contributed by atoms with van der Waals surface area (Å²) in [5, 5.41) is 14.4. The van der Waals surface area contributed by atoms with Crippen molar-refractivity contribution in [1.29, 1.82) is 0 Å². The summed E-state index contributed by atoms with van der Waals surface area (Å²) in [6.07, 6.45) is 6.91. The molecule has 156 valence electrons. The Bertz CT molecular complexity index is 692. The summed E-state index contributed by atoms with van der Waals surface area (Å²) in [6.45, 7) is 5.29. The van der Waals surface area contributed by atoms with Gasteiger partial charge in [0.2, 0.25) is 0 Å². The smallest absolute Gasteiger partial charge is 0.306 e. The molecule has 0 aromatic carbocycles. The van der Waals surface area contributed by atoms with Gasteiger partial charge in [-0.1, -0.05) is 19.0 Å². The highest BCUT2D eigenvalue weighted by atomic mass is 16.6. The number of hydrogen-bond acceptors (Lipinski definition) is 5. The van der Waals surface area contributed by atoms with Gasteiger partial charge in [0.05, 0.1) is 11.6 Å². The van der Waals surface area contributed by atoms with Crippen molar-refractivity contribution in [1.82, 2.24) is 0 Å². The Labute approximate surface area is 167 Å². The van der Waals surface area contributed by atoms with Gasteiger partial charge in [-0.15, -0.1) is 0 Å². The summed E-state index contributed by atoms with van der Waals surface area (Å²) >= 11 is 0. The molecule has 6 nitrogen and oxygen atoms in total. The maximum absolute atomic E-state index is 12.6. The summed E-state index contributed by atoms with van der Waals surface area (Å²) in [4.78, 5) is 30.2. The van der Waals surface area contributed by atoms with Crippen LogP contribution in [0.15, 0.2) is 5.16 Å². The number of carboxylic acids is 1. The minimum atomic E-state index is -0.685. The van der Waals surface area contributed by atoms with Crippen LogP contribution in [0.1, 0.15) is 65.2 Å². The number of nitrogens with zero attached hydrogens (tertiary/aromatic N) is 1. The molecule has 0 bridgehead atoms. The van der Waals surface area contributed by atoms with Crippen LogP contribution in [-0.2, 0) is 14.4 Å². The SMILES string of the molecule is C[C@]12CCC(=NOCCN)CC1[C@@H](C(=O)O)C[C@@H]1[C@@H]2CC[C@]2(C)C(=O)CC[C@@H]12. The molecule has 1 unspecified atom stereocenters. The molecule has 0 aromatic heterocycles. The summed E-state index contributed by atoms with van der Waals surface area (Å²) in [6, 6.07) is 0. The zero-order chi connectivity index (χ0) is 20.1. The van der Waals surface area contributed by atoms with E-state index in [1.807, 2.05) is 0 Å². The van der Waals surface area contributed by atoms with Gasteiger partial charge in [0.15, 0.2) is 0 Å². The van der Waals surface area contributed by atoms with E-state index in [2.05, 4.69) is 19.0 Å². The summed E-state index contributed by atoms with van der Waals surface area (Å²) in [5.41, 5.74) is 6.25. The van der Waals surface area contributed by atoms with E-state index < -0.39 is 5.97 Å². The van der Waals surface area contributed by atoms with E-state index >= 15 is 0 Å². The summed E-state index contributed by atoms with van der Waals surface area (Å²) in [7, 11) is 0. The van der Waals surface area contributed by atoms with Gasteiger partial charge >= 0.3 is 5.97 Å². The van der Waals surface area contributed by atoms with Crippen molar-refractivity contribution in [3.63, 3.8) is 0 Å². The summed E-state index contributed by atoms with van der Waals surface area (Å²) in [5.74, 6) is 0.705. The highest BCUT2D eigenvalue weighted by Crippen LogP contribution is 2.66. The predicted molar refractivity (Wildman–Crippen MR) is 106 cm³/mol. The molecule has 4 aliphatic carbocycles. The number of carbonyl (C=O) groups excluding carboxylic acids is 1. The minimum Gasteiger partial charge on any atom is -0.481 e. The van der Waals surface area contributed by atoms with Crippen LogP contribution in [0.5, 0.6) is 0 Å². The standard InChI is InChI=1S/C22H34N2O4/c1-21-7-5-13(24-28-10-9-23)11-18(21)15(20(26)27)12-14-16-3-4-19(25)22(16,2)8-6-17(14)21/h14-18H,3-12,23H2,1-2H3,(H,26,27)/t14-,15-,16-,17-,18?,21+,22-/m0/s1. The predicted octanol–water partition coefficient (Wildman–Crippen LogP) is 3.24. The Kier molecular flexibility index (Phi) is 5.05. The number of fused-ring (bicyclic) bond motifs is 5. The Balaban J connectivity index is 1.63. The molecule has 4 saturated carbocycles. The Morgan fingerprint density at radius 3 is 2.71 bits per heavy atom. The van der Waals surface area contributed by atoms with Crippen molar-refractivity contribution in [2.45, 2.75) is 65.2 Å². The van der Waals surface area contributed by atoms with Gasteiger partial charge in [0, 0.05) is 18.4 Å². The number of hydrogen-bond donors (Lipinski definition) is 2. The van der Waals surface area contributed by atoms with E-state index in [0.717, 1.165) is 37.8 Å². The molecule has 0 aromatic rings. The fourth-order valence-corrected chi connectivity index (χ4v) is 7.46. The Morgan fingerprint density at radius 2 is 2.00 bits per heavy atom. The van der Waals surface area contributed by atoms with Crippen LogP contribution in [-0.4, -0.2) is 35.7 Å². The molecule has 28 heavy (non-hydrogen) atoms. The van der Waals surface area contributed by atoms with Crippen LogP contribution in [0.2, 0.25) is 0 Å². The molecule has 0 spiro atoms. The summed E-state index contributed by atoms with van der Waals surface area (Å²) < 4.78 is 0. The number of nitrogens with two attached hydrogens (primary N) is 1. The normalized spacial score (nSPS) is 46.6. The van der Waals surface area contributed by atoms with Crippen LogP contribution >= 0.6 is 0 Å². The fraction of sp³-hybridized carbons (Fsp3) is 0.864. The van der Waals surface area contributed by atoms with Crippen molar-refractivity contribution < 1.29 is 19.5 Å². The highest BCUT2D eigenvalue weighted by Gasteiger charge is 2.63. The molecule has 0 radical (unpaired) electrons. The third-order valence-corrected chi connectivity index (χ3v) is 8.98. The monoisotopic (exact) mass is 390 g/mol. The topological polar surface area (TPSA) is 102 Å². The van der Waals surface area contributed by atoms with E-state index in [9.17, 15) is 14.7 Å². The second-order valence-electron chi connectivity index (χ2n) is 10.1. The minimum absolute atomic E-state index is 0.00578. The van der Waals surface area contributed by atoms with Gasteiger partial charge in [-0.2, -0.15) is 0 Å². The zero-order valence-corrected chi connectivity index (χ0v) is 17.2. The van der Waals surface area contributed by atoms with E-state index in [0.29, 0.717) is 56.0 Å². The van der Waals surface area contributed by atoms with Crippen molar-refractivity contribution in [3.05, 3.63) is 0 Å². The van der Waals surface area contributed by atoms with Gasteiger partial charge in [0.25, 0.3) is 0 Å². The van der Waals surface area contributed by atoms with Crippen molar-refractivity contribution in [2.75, 3.05) is 13.2 Å². The van der Waals surface area contributed by atoms with Crippen LogP contribution in [0, 0.1) is 40.4 Å². The molecular formula is C22H34N2O4. The lowest BCUT2D eigenvalue weighted by Crippen LogP contribution is -2.57. The van der Waals surface area contributed by atoms with E-state index in [1.54, 1.807) is 0 Å². The van der Waals surface area contributed by atoms with Gasteiger partial charge in [0.1, 0.15) is 12.4 Å². The molecule has 4 fully saturated rings. The van der Waals surface area contributed by atoms with E-state index in [1.165, 1.54) is 0 Å². The second-order valence-corrected chi connectivity index (χ2v) is 10.1. The average molecular weight is 391 g/mol. The number of aliphatic carboxylic acids is 1. The quantitative estimate of drug-likeness (QED) is 0.567. The van der Waals surface area contributed by atoms with Gasteiger partial charge in [-0.25, -0.2) is 0 Å². The number of carbonyl (C=O) groups is 2. The lowest BCUT2D eigenvalue weighted by atomic mass is 9.43. The highest BCUT2D eigenvalue weighted by molar-refractivity contribution is 5.87.